The fraction of sp³-hybridized carbons (Fsp3) is 0.100. The van der Waals surface area contributed by atoms with E-state index in [-0.39, 0.29) is 5.15 Å². The van der Waals surface area contributed by atoms with Crippen LogP contribution in [0.3, 0.4) is 0 Å². The van der Waals surface area contributed by atoms with Crippen LogP contribution in [0.5, 0.6) is 0 Å². The largest absolute Gasteiger partial charge is 0.435 e. The lowest BCUT2D eigenvalue weighted by Gasteiger charge is -2.05. The van der Waals surface area contributed by atoms with Crippen LogP contribution in [-0.2, 0) is 6.18 Å². The quantitative estimate of drug-likeness (QED) is 0.764. The lowest BCUT2D eigenvalue weighted by Crippen LogP contribution is -2.07. The van der Waals surface area contributed by atoms with Crippen LogP contribution >= 0.6 is 27.5 Å². The summed E-state index contributed by atoms with van der Waals surface area (Å²) in [7, 11) is 0. The summed E-state index contributed by atoms with van der Waals surface area (Å²) in [6.07, 6.45) is -4.50. The van der Waals surface area contributed by atoms with E-state index >= 15 is 0 Å². The van der Waals surface area contributed by atoms with Crippen molar-refractivity contribution >= 4 is 27.5 Å². The number of para-hydroxylation sites is 1. The van der Waals surface area contributed by atoms with Crippen LogP contribution in [0, 0.1) is 0 Å². The first kappa shape index (κ1) is 12.4. The maximum Gasteiger partial charge on any atom is 0.435 e. The van der Waals surface area contributed by atoms with E-state index in [0.717, 1.165) is 10.7 Å². The molecule has 7 heteroatoms. The van der Waals surface area contributed by atoms with Crippen molar-refractivity contribution in [3.8, 4) is 5.69 Å². The van der Waals surface area contributed by atoms with Gasteiger partial charge in [-0.1, -0.05) is 23.7 Å². The zero-order valence-corrected chi connectivity index (χ0v) is 10.5. The summed E-state index contributed by atoms with van der Waals surface area (Å²) in [5, 5.41) is 3.35. The Morgan fingerprint density at radius 3 is 2.41 bits per heavy atom. The van der Waals surface area contributed by atoms with Crippen LogP contribution in [0.25, 0.3) is 5.69 Å². The highest BCUT2D eigenvalue weighted by Crippen LogP contribution is 2.32. The van der Waals surface area contributed by atoms with Crippen molar-refractivity contribution in [3.05, 3.63) is 45.7 Å². The molecule has 1 aromatic carbocycles. The van der Waals surface area contributed by atoms with Crippen molar-refractivity contribution in [2.24, 2.45) is 0 Å². The highest BCUT2D eigenvalue weighted by molar-refractivity contribution is 9.10. The van der Waals surface area contributed by atoms with Crippen LogP contribution in [0.2, 0.25) is 5.15 Å². The molecule has 0 bridgehead atoms. The molecule has 17 heavy (non-hydrogen) atoms. The zero-order valence-electron chi connectivity index (χ0n) is 8.17. The molecule has 0 unspecified atom stereocenters. The second-order valence-corrected chi connectivity index (χ2v) is 4.45. The number of benzene rings is 1. The summed E-state index contributed by atoms with van der Waals surface area (Å²) in [5.74, 6) is 0. The fourth-order valence-electron chi connectivity index (χ4n) is 1.29. The van der Waals surface area contributed by atoms with Crippen molar-refractivity contribution < 1.29 is 13.2 Å². The molecule has 0 aliphatic carbocycles. The maximum absolute atomic E-state index is 12.5. The second-order valence-electron chi connectivity index (χ2n) is 3.21. The molecule has 0 fully saturated rings. The minimum absolute atomic E-state index is 0.0933. The molecule has 0 N–H and O–H groups in total. The topological polar surface area (TPSA) is 17.8 Å². The summed E-state index contributed by atoms with van der Waals surface area (Å²) in [6.45, 7) is 0. The molecular formula is C10H5BrClF3N2. The highest BCUT2D eigenvalue weighted by Gasteiger charge is 2.35. The van der Waals surface area contributed by atoms with E-state index in [0.29, 0.717) is 10.2 Å². The third-order valence-electron chi connectivity index (χ3n) is 2.04. The molecule has 0 spiro atoms. The Kier molecular flexibility index (Phi) is 3.18. The molecule has 0 aliphatic heterocycles. The third-order valence-corrected chi connectivity index (χ3v) is 2.98. The van der Waals surface area contributed by atoms with Crippen LogP contribution < -0.4 is 0 Å². The van der Waals surface area contributed by atoms with Gasteiger partial charge in [0.2, 0.25) is 0 Å². The molecule has 2 rings (SSSR count). The van der Waals surface area contributed by atoms with Crippen LogP contribution in [0.4, 0.5) is 13.2 Å². The fourth-order valence-corrected chi connectivity index (χ4v) is 1.97. The summed E-state index contributed by atoms with van der Waals surface area (Å²) >= 11 is 8.96. The molecule has 0 saturated heterocycles. The van der Waals surface area contributed by atoms with Gasteiger partial charge in [0.1, 0.15) is 5.15 Å². The first-order valence-corrected chi connectivity index (χ1v) is 5.64. The number of hydrogen-bond donors (Lipinski definition) is 0. The summed E-state index contributed by atoms with van der Waals surface area (Å²) in [4.78, 5) is 0. The minimum atomic E-state index is -4.50. The maximum atomic E-state index is 12.5. The Bertz CT molecular complexity index is 551. The zero-order chi connectivity index (χ0) is 12.6. The first-order chi connectivity index (χ1) is 7.89. The molecule has 0 radical (unpaired) electrons. The predicted molar refractivity (Wildman–Crippen MR) is 61.3 cm³/mol. The number of rotatable bonds is 1. The molecule has 2 aromatic rings. The van der Waals surface area contributed by atoms with Crippen molar-refractivity contribution in [2.45, 2.75) is 6.18 Å². The molecular weight excluding hydrogens is 320 g/mol. The van der Waals surface area contributed by atoms with Gasteiger partial charge < -0.3 is 0 Å². The number of halogens is 5. The van der Waals surface area contributed by atoms with Gasteiger partial charge >= 0.3 is 6.18 Å². The Morgan fingerprint density at radius 2 is 1.88 bits per heavy atom. The van der Waals surface area contributed by atoms with Gasteiger partial charge in [0.15, 0.2) is 5.69 Å². The third kappa shape index (κ3) is 2.47. The monoisotopic (exact) mass is 324 g/mol. The number of nitrogens with zero attached hydrogens (tertiary/aromatic N) is 2. The van der Waals surface area contributed by atoms with E-state index in [2.05, 4.69) is 21.0 Å². The van der Waals surface area contributed by atoms with Crippen molar-refractivity contribution in [1.29, 1.82) is 0 Å². The van der Waals surface area contributed by atoms with E-state index < -0.39 is 11.9 Å². The van der Waals surface area contributed by atoms with E-state index in [1.165, 1.54) is 0 Å². The SMILES string of the molecule is FC(F)(F)c1cc(Cl)n(-c2ccccc2Br)n1. The van der Waals surface area contributed by atoms with E-state index in [4.69, 9.17) is 11.6 Å². The van der Waals surface area contributed by atoms with Gasteiger partial charge in [-0.25, -0.2) is 4.68 Å². The van der Waals surface area contributed by atoms with Crippen LogP contribution in [0.1, 0.15) is 5.69 Å². The van der Waals surface area contributed by atoms with Gasteiger partial charge in [0.05, 0.1) is 5.69 Å². The first-order valence-electron chi connectivity index (χ1n) is 4.47. The molecule has 0 amide bonds. The average Bonchev–Trinajstić information content (AvgIpc) is 2.61. The molecule has 0 saturated carbocycles. The smallest absolute Gasteiger partial charge is 0.220 e. The van der Waals surface area contributed by atoms with Crippen molar-refractivity contribution in [2.75, 3.05) is 0 Å². The highest BCUT2D eigenvalue weighted by atomic mass is 79.9. The summed E-state index contributed by atoms with van der Waals surface area (Å²) in [5.41, 5.74) is -0.564. The van der Waals surface area contributed by atoms with E-state index in [1.807, 2.05) is 0 Å². The predicted octanol–water partition coefficient (Wildman–Crippen LogP) is 4.31. The van der Waals surface area contributed by atoms with Gasteiger partial charge in [-0.05, 0) is 28.1 Å². The van der Waals surface area contributed by atoms with Crippen LogP contribution in [-0.4, -0.2) is 9.78 Å². The van der Waals surface area contributed by atoms with Gasteiger partial charge in [-0.3, -0.25) is 0 Å². The van der Waals surface area contributed by atoms with Crippen LogP contribution in [0.15, 0.2) is 34.8 Å². The second kappa shape index (κ2) is 4.34. The molecule has 1 heterocycles. The lowest BCUT2D eigenvalue weighted by molar-refractivity contribution is -0.141. The number of alkyl halides is 3. The molecule has 90 valence electrons. The van der Waals surface area contributed by atoms with Gasteiger partial charge in [0, 0.05) is 10.5 Å². The van der Waals surface area contributed by atoms with E-state index in [9.17, 15) is 13.2 Å². The average molecular weight is 326 g/mol. The summed E-state index contributed by atoms with van der Waals surface area (Å²) in [6, 6.07) is 7.53. The molecule has 2 nitrogen and oxygen atoms in total. The van der Waals surface area contributed by atoms with E-state index in [1.54, 1.807) is 24.3 Å². The number of aromatic nitrogens is 2. The Balaban J connectivity index is 2.55. The standard InChI is InChI=1S/C10H5BrClF3N2/c11-6-3-1-2-4-7(6)17-9(12)5-8(16-17)10(13,14)15/h1-5H. The number of hydrogen-bond acceptors (Lipinski definition) is 1. The Hall–Kier alpha value is -1.01. The van der Waals surface area contributed by atoms with Gasteiger partial charge in [0.25, 0.3) is 0 Å². The normalized spacial score (nSPS) is 11.8. The van der Waals surface area contributed by atoms with Gasteiger partial charge in [-0.2, -0.15) is 18.3 Å². The van der Waals surface area contributed by atoms with Crippen molar-refractivity contribution in [3.63, 3.8) is 0 Å². The minimum Gasteiger partial charge on any atom is -0.220 e. The summed E-state index contributed by atoms with van der Waals surface area (Å²) < 4.78 is 39.0. The molecule has 1 aromatic heterocycles. The molecule has 0 atom stereocenters. The molecule has 0 aliphatic rings. The Labute approximate surface area is 108 Å². The Morgan fingerprint density at radius 1 is 1.24 bits per heavy atom. The van der Waals surface area contributed by atoms with Gasteiger partial charge in [-0.15, -0.1) is 0 Å². The van der Waals surface area contributed by atoms with Crippen molar-refractivity contribution in [1.82, 2.24) is 9.78 Å². The lowest BCUT2D eigenvalue weighted by atomic mass is 10.3.